The molecule has 2 aromatic rings. The number of hydrogen-bond donors (Lipinski definition) is 1. The number of methoxy groups -OCH3 is 2. The second-order valence-corrected chi connectivity index (χ2v) is 4.65. The van der Waals surface area contributed by atoms with E-state index in [-0.39, 0.29) is 5.56 Å². The molecular weight excluding hydrogens is 298 g/mol. The normalized spacial score (nSPS) is 10.6. The SMILES string of the molecule is COc1cccc(/C=N/NC(=O)c2ccc(=O)n(C)c2)c1OC. The zero-order valence-electron chi connectivity index (χ0n) is 13.1. The first kappa shape index (κ1) is 16.3. The molecule has 0 fully saturated rings. The number of aryl methyl sites for hydroxylation is 1. The fourth-order valence-corrected chi connectivity index (χ4v) is 1.97. The number of para-hydroxylation sites is 1. The van der Waals surface area contributed by atoms with Gasteiger partial charge in [0.05, 0.1) is 26.0 Å². The summed E-state index contributed by atoms with van der Waals surface area (Å²) >= 11 is 0. The van der Waals surface area contributed by atoms with Gasteiger partial charge in [0, 0.05) is 24.9 Å². The molecule has 0 radical (unpaired) electrons. The molecule has 1 amide bonds. The van der Waals surface area contributed by atoms with Crippen molar-refractivity contribution in [3.63, 3.8) is 0 Å². The average molecular weight is 315 g/mol. The van der Waals surface area contributed by atoms with Crippen molar-refractivity contribution >= 4 is 12.1 Å². The standard InChI is InChI=1S/C16H17N3O4/c1-19-10-12(7-8-14(19)20)16(21)18-17-9-11-5-4-6-13(22-2)15(11)23-3/h4-10H,1-3H3,(H,18,21)/b17-9+. The molecule has 1 N–H and O–H groups in total. The molecule has 23 heavy (non-hydrogen) atoms. The van der Waals surface area contributed by atoms with Gasteiger partial charge in [-0.1, -0.05) is 6.07 Å². The Morgan fingerprint density at radius 3 is 2.65 bits per heavy atom. The van der Waals surface area contributed by atoms with Crippen LogP contribution in [0.2, 0.25) is 0 Å². The van der Waals surface area contributed by atoms with E-state index in [4.69, 9.17) is 9.47 Å². The molecular formula is C16H17N3O4. The maximum atomic E-state index is 12.0. The first-order valence-electron chi connectivity index (χ1n) is 6.78. The lowest BCUT2D eigenvalue weighted by Crippen LogP contribution is -2.22. The van der Waals surface area contributed by atoms with Crippen LogP contribution in [0.3, 0.4) is 0 Å². The van der Waals surface area contributed by atoms with Gasteiger partial charge in [0.15, 0.2) is 11.5 Å². The largest absolute Gasteiger partial charge is 0.493 e. The minimum Gasteiger partial charge on any atom is -0.493 e. The lowest BCUT2D eigenvalue weighted by molar-refractivity contribution is 0.0954. The molecule has 0 spiro atoms. The minimum absolute atomic E-state index is 0.189. The third kappa shape index (κ3) is 3.76. The molecule has 0 aliphatic carbocycles. The van der Waals surface area contributed by atoms with Crippen molar-refractivity contribution < 1.29 is 14.3 Å². The van der Waals surface area contributed by atoms with Crippen LogP contribution in [0.4, 0.5) is 0 Å². The summed E-state index contributed by atoms with van der Waals surface area (Å²) in [6, 6.07) is 8.10. The Hall–Kier alpha value is -3.09. The van der Waals surface area contributed by atoms with Gasteiger partial charge in [0.25, 0.3) is 5.91 Å². The van der Waals surface area contributed by atoms with E-state index < -0.39 is 5.91 Å². The highest BCUT2D eigenvalue weighted by Gasteiger charge is 2.08. The fraction of sp³-hybridized carbons (Fsp3) is 0.188. The zero-order valence-corrected chi connectivity index (χ0v) is 13.1. The molecule has 7 nitrogen and oxygen atoms in total. The number of nitrogens with one attached hydrogen (secondary N) is 1. The van der Waals surface area contributed by atoms with Crippen molar-refractivity contribution in [3.8, 4) is 11.5 Å². The summed E-state index contributed by atoms with van der Waals surface area (Å²) in [7, 11) is 4.64. The molecule has 2 rings (SSSR count). The van der Waals surface area contributed by atoms with Crippen LogP contribution in [-0.4, -0.2) is 30.9 Å². The highest BCUT2D eigenvalue weighted by Crippen LogP contribution is 2.29. The first-order valence-corrected chi connectivity index (χ1v) is 6.78. The molecule has 0 bridgehead atoms. The van der Waals surface area contributed by atoms with Crippen LogP contribution in [-0.2, 0) is 7.05 Å². The van der Waals surface area contributed by atoms with Crippen LogP contribution < -0.4 is 20.5 Å². The van der Waals surface area contributed by atoms with E-state index in [1.807, 2.05) is 0 Å². The summed E-state index contributed by atoms with van der Waals surface area (Å²) in [4.78, 5) is 23.3. The number of hydrazone groups is 1. The van der Waals surface area contributed by atoms with Crippen molar-refractivity contribution in [2.24, 2.45) is 12.1 Å². The average Bonchev–Trinajstić information content (AvgIpc) is 2.56. The fourth-order valence-electron chi connectivity index (χ4n) is 1.97. The molecule has 7 heteroatoms. The Morgan fingerprint density at radius 1 is 1.22 bits per heavy atom. The van der Waals surface area contributed by atoms with Crippen molar-refractivity contribution in [1.29, 1.82) is 0 Å². The Kier molecular flexibility index (Phi) is 5.14. The van der Waals surface area contributed by atoms with Gasteiger partial charge in [-0.15, -0.1) is 0 Å². The van der Waals surface area contributed by atoms with Crippen molar-refractivity contribution in [3.05, 3.63) is 58.0 Å². The molecule has 0 unspecified atom stereocenters. The van der Waals surface area contributed by atoms with Gasteiger partial charge in [-0.05, 0) is 18.2 Å². The van der Waals surface area contributed by atoms with E-state index >= 15 is 0 Å². The molecule has 1 aromatic carbocycles. The molecule has 0 saturated heterocycles. The molecule has 0 atom stereocenters. The summed E-state index contributed by atoms with van der Waals surface area (Å²) < 4.78 is 11.8. The van der Waals surface area contributed by atoms with Gasteiger partial charge in [-0.2, -0.15) is 5.10 Å². The van der Waals surface area contributed by atoms with E-state index in [1.165, 1.54) is 36.2 Å². The maximum absolute atomic E-state index is 12.0. The van der Waals surface area contributed by atoms with Gasteiger partial charge in [-0.3, -0.25) is 9.59 Å². The van der Waals surface area contributed by atoms with Crippen LogP contribution in [0, 0.1) is 0 Å². The molecule has 120 valence electrons. The summed E-state index contributed by atoms with van der Waals surface area (Å²) in [5, 5.41) is 3.91. The Balaban J connectivity index is 2.14. The van der Waals surface area contributed by atoms with Gasteiger partial charge >= 0.3 is 0 Å². The van der Waals surface area contributed by atoms with E-state index in [1.54, 1.807) is 32.4 Å². The number of benzene rings is 1. The quantitative estimate of drug-likeness (QED) is 0.663. The summed E-state index contributed by atoms with van der Waals surface area (Å²) in [6.07, 6.45) is 2.90. The van der Waals surface area contributed by atoms with Gasteiger partial charge in [0.1, 0.15) is 0 Å². The molecule has 1 aromatic heterocycles. The van der Waals surface area contributed by atoms with Crippen LogP contribution >= 0.6 is 0 Å². The third-order valence-electron chi connectivity index (χ3n) is 3.15. The number of hydrogen-bond acceptors (Lipinski definition) is 5. The van der Waals surface area contributed by atoms with E-state index in [2.05, 4.69) is 10.5 Å². The first-order chi connectivity index (χ1) is 11.1. The number of carbonyl (C=O) groups is 1. The van der Waals surface area contributed by atoms with Crippen molar-refractivity contribution in [1.82, 2.24) is 9.99 Å². The number of amides is 1. The van der Waals surface area contributed by atoms with Crippen LogP contribution in [0.15, 0.2) is 46.4 Å². The number of rotatable bonds is 5. The maximum Gasteiger partial charge on any atom is 0.272 e. The van der Waals surface area contributed by atoms with Crippen molar-refractivity contribution in [2.45, 2.75) is 0 Å². The zero-order chi connectivity index (χ0) is 16.8. The predicted molar refractivity (Wildman–Crippen MR) is 86.3 cm³/mol. The topological polar surface area (TPSA) is 81.9 Å². The second kappa shape index (κ2) is 7.26. The highest BCUT2D eigenvalue weighted by molar-refractivity contribution is 5.94. The minimum atomic E-state index is -0.418. The Labute approximate surface area is 133 Å². The highest BCUT2D eigenvalue weighted by atomic mass is 16.5. The van der Waals surface area contributed by atoms with Crippen LogP contribution in [0.5, 0.6) is 11.5 Å². The van der Waals surface area contributed by atoms with Gasteiger partial charge in [0.2, 0.25) is 5.56 Å². The molecule has 0 aliphatic heterocycles. The van der Waals surface area contributed by atoms with Gasteiger partial charge < -0.3 is 14.0 Å². The van der Waals surface area contributed by atoms with E-state index in [9.17, 15) is 9.59 Å². The number of nitrogens with zero attached hydrogens (tertiary/aromatic N) is 2. The molecule has 1 heterocycles. The van der Waals surface area contributed by atoms with E-state index in [0.29, 0.717) is 22.6 Å². The summed E-state index contributed by atoms with van der Waals surface area (Å²) in [5.74, 6) is 0.676. The van der Waals surface area contributed by atoms with Crippen LogP contribution in [0.25, 0.3) is 0 Å². The second-order valence-electron chi connectivity index (χ2n) is 4.65. The molecule has 0 aliphatic rings. The number of carbonyl (C=O) groups excluding carboxylic acids is 1. The van der Waals surface area contributed by atoms with Gasteiger partial charge in [-0.25, -0.2) is 5.43 Å². The Morgan fingerprint density at radius 2 is 2.00 bits per heavy atom. The third-order valence-corrected chi connectivity index (χ3v) is 3.15. The lowest BCUT2D eigenvalue weighted by atomic mass is 10.2. The summed E-state index contributed by atoms with van der Waals surface area (Å²) in [5.41, 5.74) is 3.21. The Bertz CT molecular complexity index is 796. The number of ether oxygens (including phenoxy) is 2. The van der Waals surface area contributed by atoms with Crippen LogP contribution in [0.1, 0.15) is 15.9 Å². The van der Waals surface area contributed by atoms with Crippen molar-refractivity contribution in [2.75, 3.05) is 14.2 Å². The van der Waals surface area contributed by atoms with E-state index in [0.717, 1.165) is 0 Å². The number of pyridine rings is 1. The monoisotopic (exact) mass is 315 g/mol. The molecule has 0 saturated carbocycles. The predicted octanol–water partition coefficient (Wildman–Crippen LogP) is 1.17. The lowest BCUT2D eigenvalue weighted by Gasteiger charge is -2.09. The number of aromatic nitrogens is 1. The smallest absolute Gasteiger partial charge is 0.272 e. The summed E-state index contributed by atoms with van der Waals surface area (Å²) in [6.45, 7) is 0.